The van der Waals surface area contributed by atoms with Crippen molar-refractivity contribution in [3.05, 3.63) is 33.8 Å². The molecule has 0 unspecified atom stereocenters. The van der Waals surface area contributed by atoms with Crippen molar-refractivity contribution >= 4 is 28.9 Å². The van der Waals surface area contributed by atoms with Crippen molar-refractivity contribution in [1.82, 2.24) is 0 Å². The van der Waals surface area contributed by atoms with Crippen molar-refractivity contribution in [2.45, 2.75) is 38.4 Å². The summed E-state index contributed by atoms with van der Waals surface area (Å²) >= 11 is 12.2. The molecule has 0 amide bonds. The molecular formula is C14H15Cl2NO2. The van der Waals surface area contributed by atoms with E-state index in [-0.39, 0.29) is 6.10 Å². The first-order valence-corrected chi connectivity index (χ1v) is 7.17. The number of hydrogen-bond acceptors (Lipinski definition) is 3. The van der Waals surface area contributed by atoms with Gasteiger partial charge in [-0.3, -0.25) is 0 Å². The van der Waals surface area contributed by atoms with Crippen LogP contribution in [0.3, 0.4) is 0 Å². The number of benzene rings is 1. The summed E-state index contributed by atoms with van der Waals surface area (Å²) in [5.41, 5.74) is 1.03. The quantitative estimate of drug-likeness (QED) is 0.860. The SMILES string of the molecule is C[C@@]12C(c3ccc(Cl)cc3Cl)=NO[C@@H]1CCC[C@@H]2O. The smallest absolute Gasteiger partial charge is 0.141 e. The predicted molar refractivity (Wildman–Crippen MR) is 75.8 cm³/mol. The summed E-state index contributed by atoms with van der Waals surface area (Å²) in [6, 6.07) is 5.30. The van der Waals surface area contributed by atoms with Crippen LogP contribution >= 0.6 is 23.2 Å². The van der Waals surface area contributed by atoms with Crippen LogP contribution in [0.1, 0.15) is 31.7 Å². The fraction of sp³-hybridized carbons (Fsp3) is 0.500. The molecule has 0 radical (unpaired) electrons. The number of fused-ring (bicyclic) bond motifs is 1. The molecule has 1 saturated carbocycles. The van der Waals surface area contributed by atoms with E-state index in [1.165, 1.54) is 0 Å². The van der Waals surface area contributed by atoms with Gasteiger partial charge in [0, 0.05) is 10.6 Å². The van der Waals surface area contributed by atoms with Crippen LogP contribution in [0, 0.1) is 5.41 Å². The second-order valence-corrected chi connectivity index (χ2v) is 6.23. The molecular weight excluding hydrogens is 285 g/mol. The summed E-state index contributed by atoms with van der Waals surface area (Å²) in [7, 11) is 0. The lowest BCUT2D eigenvalue weighted by molar-refractivity contribution is -0.0605. The van der Waals surface area contributed by atoms with Crippen LogP contribution in [0.15, 0.2) is 23.4 Å². The Labute approximate surface area is 122 Å². The van der Waals surface area contributed by atoms with Crippen LogP contribution in [-0.4, -0.2) is 23.0 Å². The lowest BCUT2D eigenvalue weighted by atomic mass is 9.67. The van der Waals surface area contributed by atoms with Gasteiger partial charge < -0.3 is 9.94 Å². The maximum Gasteiger partial charge on any atom is 0.141 e. The van der Waals surface area contributed by atoms with Gasteiger partial charge in [-0.2, -0.15) is 0 Å². The zero-order valence-electron chi connectivity index (χ0n) is 10.6. The van der Waals surface area contributed by atoms with Gasteiger partial charge in [0.15, 0.2) is 0 Å². The van der Waals surface area contributed by atoms with Gasteiger partial charge in [-0.25, -0.2) is 0 Å². The van der Waals surface area contributed by atoms with Crippen LogP contribution < -0.4 is 0 Å². The molecule has 3 atom stereocenters. The molecule has 1 N–H and O–H groups in total. The van der Waals surface area contributed by atoms with Gasteiger partial charge in [-0.1, -0.05) is 34.4 Å². The van der Waals surface area contributed by atoms with Crippen LogP contribution in [0.5, 0.6) is 0 Å². The number of nitrogens with zero attached hydrogens (tertiary/aromatic N) is 1. The van der Waals surface area contributed by atoms with E-state index in [0.717, 1.165) is 30.5 Å². The Kier molecular flexibility index (Phi) is 3.24. The summed E-state index contributed by atoms with van der Waals surface area (Å²) in [5, 5.41) is 15.7. The molecule has 2 aliphatic rings. The van der Waals surface area contributed by atoms with Crippen molar-refractivity contribution in [1.29, 1.82) is 0 Å². The minimum Gasteiger partial charge on any atom is -0.392 e. The van der Waals surface area contributed by atoms with Crippen LogP contribution in [0.4, 0.5) is 0 Å². The van der Waals surface area contributed by atoms with Crippen molar-refractivity contribution in [3.8, 4) is 0 Å². The Hall–Kier alpha value is -0.770. The Morgan fingerprint density at radius 1 is 1.37 bits per heavy atom. The predicted octanol–water partition coefficient (Wildman–Crippen LogP) is 3.65. The molecule has 0 saturated heterocycles. The topological polar surface area (TPSA) is 41.8 Å². The first-order valence-electron chi connectivity index (χ1n) is 6.41. The van der Waals surface area contributed by atoms with E-state index in [0.29, 0.717) is 10.0 Å². The minimum absolute atomic E-state index is 0.0713. The maximum absolute atomic E-state index is 10.4. The Morgan fingerprint density at radius 2 is 2.16 bits per heavy atom. The van der Waals surface area contributed by atoms with E-state index < -0.39 is 11.5 Å². The molecule has 1 aliphatic carbocycles. The lowest BCUT2D eigenvalue weighted by Gasteiger charge is -2.39. The van der Waals surface area contributed by atoms with Gasteiger partial charge in [0.1, 0.15) is 11.8 Å². The Bertz CT molecular complexity index is 546. The van der Waals surface area contributed by atoms with Gasteiger partial charge in [-0.15, -0.1) is 0 Å². The van der Waals surface area contributed by atoms with Crippen molar-refractivity contribution < 1.29 is 9.94 Å². The summed E-state index contributed by atoms with van der Waals surface area (Å²) in [4.78, 5) is 5.52. The molecule has 1 fully saturated rings. The zero-order valence-corrected chi connectivity index (χ0v) is 12.1. The van der Waals surface area contributed by atoms with E-state index in [2.05, 4.69) is 5.16 Å². The van der Waals surface area contributed by atoms with Crippen LogP contribution in [-0.2, 0) is 4.84 Å². The third-order valence-corrected chi connectivity index (χ3v) is 4.82. The molecule has 3 rings (SSSR count). The van der Waals surface area contributed by atoms with E-state index in [1.807, 2.05) is 13.0 Å². The first kappa shape index (κ1) is 13.2. The second kappa shape index (κ2) is 4.65. The van der Waals surface area contributed by atoms with E-state index >= 15 is 0 Å². The fourth-order valence-electron chi connectivity index (χ4n) is 3.02. The number of oxime groups is 1. The first-order chi connectivity index (χ1) is 9.03. The summed E-state index contributed by atoms with van der Waals surface area (Å²) in [6.45, 7) is 2.00. The highest BCUT2D eigenvalue weighted by atomic mass is 35.5. The third-order valence-electron chi connectivity index (χ3n) is 4.27. The number of hydrogen-bond donors (Lipinski definition) is 1. The zero-order chi connectivity index (χ0) is 13.6. The van der Waals surface area contributed by atoms with Gasteiger partial charge in [-0.05, 0) is 38.3 Å². The molecule has 0 aromatic heterocycles. The van der Waals surface area contributed by atoms with Crippen molar-refractivity contribution in [2.75, 3.05) is 0 Å². The van der Waals surface area contributed by atoms with Gasteiger partial charge in [0.25, 0.3) is 0 Å². The molecule has 19 heavy (non-hydrogen) atoms. The highest BCUT2D eigenvalue weighted by Crippen LogP contribution is 2.46. The summed E-state index contributed by atoms with van der Waals surface area (Å²) in [5.74, 6) is 0. The van der Waals surface area contributed by atoms with Crippen LogP contribution in [0.2, 0.25) is 10.0 Å². The van der Waals surface area contributed by atoms with Crippen molar-refractivity contribution in [3.63, 3.8) is 0 Å². The lowest BCUT2D eigenvalue weighted by Crippen LogP contribution is -2.49. The van der Waals surface area contributed by atoms with Gasteiger partial charge in [0.2, 0.25) is 0 Å². The van der Waals surface area contributed by atoms with E-state index in [1.54, 1.807) is 12.1 Å². The number of aliphatic hydroxyl groups excluding tert-OH is 1. The average Bonchev–Trinajstić information content (AvgIpc) is 2.69. The number of aliphatic hydroxyl groups is 1. The normalized spacial score (nSPS) is 33.6. The third kappa shape index (κ3) is 1.95. The second-order valence-electron chi connectivity index (χ2n) is 5.39. The highest BCUT2D eigenvalue weighted by Gasteiger charge is 2.53. The average molecular weight is 300 g/mol. The molecule has 5 heteroatoms. The molecule has 0 bridgehead atoms. The Balaban J connectivity index is 2.05. The minimum atomic E-state index is -0.490. The number of halogens is 2. The number of rotatable bonds is 1. The molecule has 3 nitrogen and oxygen atoms in total. The van der Waals surface area contributed by atoms with E-state index in [9.17, 15) is 5.11 Å². The standard InChI is InChI=1S/C14H15Cl2NO2/c1-14-11(18)3-2-4-12(14)19-17-13(14)9-6-5-8(15)7-10(9)16/h5-7,11-12,18H,2-4H2,1H3/t11-,12+,14-/m0/s1. The fourth-order valence-corrected chi connectivity index (χ4v) is 3.52. The van der Waals surface area contributed by atoms with Crippen LogP contribution in [0.25, 0.3) is 0 Å². The molecule has 1 heterocycles. The molecule has 1 aliphatic heterocycles. The molecule has 0 spiro atoms. The maximum atomic E-state index is 10.4. The highest BCUT2D eigenvalue weighted by molar-refractivity contribution is 6.37. The summed E-state index contributed by atoms with van der Waals surface area (Å²) < 4.78 is 0. The van der Waals surface area contributed by atoms with E-state index in [4.69, 9.17) is 28.0 Å². The van der Waals surface area contributed by atoms with Crippen molar-refractivity contribution in [2.24, 2.45) is 10.6 Å². The Morgan fingerprint density at radius 3 is 2.89 bits per heavy atom. The molecule has 1 aromatic rings. The summed E-state index contributed by atoms with van der Waals surface area (Å²) in [6.07, 6.45) is 2.10. The van der Waals surface area contributed by atoms with Gasteiger partial charge >= 0.3 is 0 Å². The monoisotopic (exact) mass is 299 g/mol. The largest absolute Gasteiger partial charge is 0.392 e. The molecule has 1 aromatic carbocycles. The molecule has 102 valence electrons. The van der Waals surface area contributed by atoms with Gasteiger partial charge in [0.05, 0.1) is 16.5 Å².